The van der Waals surface area contributed by atoms with E-state index in [1.807, 2.05) is 17.0 Å². The van der Waals surface area contributed by atoms with Crippen LogP contribution in [0.4, 0.5) is 5.69 Å². The Labute approximate surface area is 143 Å². The van der Waals surface area contributed by atoms with Crippen molar-refractivity contribution in [3.05, 3.63) is 64.7 Å². The first-order chi connectivity index (χ1) is 10.8. The van der Waals surface area contributed by atoms with Gasteiger partial charge in [0, 0.05) is 30.9 Å². The molecule has 0 saturated heterocycles. The third kappa shape index (κ3) is 2.99. The number of nitrogens with one attached hydrogen (secondary N) is 1. The number of hydrogen-bond acceptors (Lipinski definition) is 2. The average molecular weight is 329 g/mol. The highest BCUT2D eigenvalue weighted by molar-refractivity contribution is 6.06. The van der Waals surface area contributed by atoms with Crippen LogP contribution in [-0.2, 0) is 19.5 Å². The van der Waals surface area contributed by atoms with Crippen molar-refractivity contribution in [2.45, 2.75) is 32.4 Å². The summed E-state index contributed by atoms with van der Waals surface area (Å²) in [7, 11) is 0. The number of rotatable bonds is 1. The zero-order chi connectivity index (χ0) is 14.9. The normalized spacial score (nSPS) is 16.1. The van der Waals surface area contributed by atoms with E-state index < -0.39 is 0 Å². The van der Waals surface area contributed by atoms with Gasteiger partial charge in [-0.1, -0.05) is 24.3 Å². The Bertz CT molecular complexity index is 729. The molecule has 0 fully saturated rings. The van der Waals surface area contributed by atoms with E-state index >= 15 is 0 Å². The smallest absolute Gasteiger partial charge is 0.258 e. The van der Waals surface area contributed by atoms with E-state index in [4.69, 9.17) is 0 Å². The Balaban J connectivity index is 0.00000156. The molecule has 2 heterocycles. The fourth-order valence-electron chi connectivity index (χ4n) is 3.49. The number of fused-ring (bicyclic) bond motifs is 2. The molecular weight excluding hydrogens is 308 g/mol. The van der Waals surface area contributed by atoms with Gasteiger partial charge in [-0.25, -0.2) is 0 Å². The van der Waals surface area contributed by atoms with Crippen molar-refractivity contribution in [3.8, 4) is 0 Å². The zero-order valence-corrected chi connectivity index (χ0v) is 13.9. The summed E-state index contributed by atoms with van der Waals surface area (Å²) in [5.74, 6) is 0.129. The predicted octanol–water partition coefficient (Wildman–Crippen LogP) is 3.69. The van der Waals surface area contributed by atoms with Gasteiger partial charge in [0.25, 0.3) is 5.91 Å². The number of carbonyl (C=O) groups excluding carboxylic acids is 1. The van der Waals surface area contributed by atoms with Gasteiger partial charge in [0.1, 0.15) is 0 Å². The lowest BCUT2D eigenvalue weighted by molar-refractivity contribution is 0.0987. The van der Waals surface area contributed by atoms with Crippen LogP contribution in [0.3, 0.4) is 0 Å². The lowest BCUT2D eigenvalue weighted by Crippen LogP contribution is -2.31. The topological polar surface area (TPSA) is 32.3 Å². The van der Waals surface area contributed by atoms with Crippen molar-refractivity contribution >= 4 is 24.0 Å². The van der Waals surface area contributed by atoms with Crippen LogP contribution >= 0.6 is 12.4 Å². The second kappa shape index (κ2) is 6.73. The second-order valence-corrected chi connectivity index (χ2v) is 6.13. The molecule has 0 saturated carbocycles. The van der Waals surface area contributed by atoms with Crippen LogP contribution in [0.25, 0.3) is 0 Å². The van der Waals surface area contributed by atoms with E-state index in [0.717, 1.165) is 50.1 Å². The first-order valence-corrected chi connectivity index (χ1v) is 8.05. The second-order valence-electron chi connectivity index (χ2n) is 6.13. The summed E-state index contributed by atoms with van der Waals surface area (Å²) in [4.78, 5) is 15.0. The fraction of sp³-hybridized carbons (Fsp3) is 0.316. The quantitative estimate of drug-likeness (QED) is 0.865. The number of para-hydroxylation sites is 1. The molecular formula is C19H21ClN2O. The van der Waals surface area contributed by atoms with Gasteiger partial charge in [0.2, 0.25) is 0 Å². The number of carbonyl (C=O) groups is 1. The lowest BCUT2D eigenvalue weighted by Gasteiger charge is -2.23. The third-order valence-electron chi connectivity index (χ3n) is 4.69. The van der Waals surface area contributed by atoms with E-state index in [-0.39, 0.29) is 18.3 Å². The summed E-state index contributed by atoms with van der Waals surface area (Å²) in [6.45, 7) is 2.59. The van der Waals surface area contributed by atoms with Crippen LogP contribution in [0.5, 0.6) is 0 Å². The molecule has 120 valence electrons. The molecule has 4 heteroatoms. The number of anilines is 1. The van der Waals surface area contributed by atoms with Crippen molar-refractivity contribution in [1.82, 2.24) is 5.32 Å². The third-order valence-corrected chi connectivity index (χ3v) is 4.69. The molecule has 2 aromatic rings. The van der Waals surface area contributed by atoms with Gasteiger partial charge in [0.05, 0.1) is 0 Å². The van der Waals surface area contributed by atoms with Gasteiger partial charge in [-0.05, 0) is 54.2 Å². The SMILES string of the molecule is Cl.O=C(c1ccc2c(c1)CNC2)N1CCCCc2ccccc21. The minimum absolute atomic E-state index is 0. The van der Waals surface area contributed by atoms with Crippen LogP contribution < -0.4 is 10.2 Å². The number of nitrogens with zero attached hydrogens (tertiary/aromatic N) is 1. The molecule has 0 aromatic heterocycles. The summed E-state index contributed by atoms with van der Waals surface area (Å²) in [6.07, 6.45) is 3.27. The number of amides is 1. The largest absolute Gasteiger partial charge is 0.309 e. The molecule has 0 aliphatic carbocycles. The molecule has 0 spiro atoms. The standard InChI is InChI=1S/C19H20N2O.ClH/c22-19(15-8-9-16-12-20-13-17(16)11-15)21-10-4-3-6-14-5-1-2-7-18(14)21;/h1-2,5,7-9,11,20H,3-4,6,10,12-13H2;1H. The summed E-state index contributed by atoms with van der Waals surface area (Å²) in [5.41, 5.74) is 5.75. The monoisotopic (exact) mass is 328 g/mol. The van der Waals surface area contributed by atoms with Crippen molar-refractivity contribution < 1.29 is 4.79 Å². The van der Waals surface area contributed by atoms with Crippen LogP contribution in [0.1, 0.15) is 39.9 Å². The van der Waals surface area contributed by atoms with E-state index in [1.165, 1.54) is 16.7 Å². The van der Waals surface area contributed by atoms with Crippen LogP contribution in [0.15, 0.2) is 42.5 Å². The van der Waals surface area contributed by atoms with Crippen LogP contribution in [-0.4, -0.2) is 12.5 Å². The molecule has 1 amide bonds. The average Bonchev–Trinajstić information content (AvgIpc) is 2.92. The van der Waals surface area contributed by atoms with Gasteiger partial charge in [-0.3, -0.25) is 4.79 Å². The lowest BCUT2D eigenvalue weighted by atomic mass is 10.0. The van der Waals surface area contributed by atoms with Crippen molar-refractivity contribution in [1.29, 1.82) is 0 Å². The number of aryl methyl sites for hydroxylation is 1. The van der Waals surface area contributed by atoms with E-state index in [9.17, 15) is 4.79 Å². The molecule has 3 nitrogen and oxygen atoms in total. The summed E-state index contributed by atoms with van der Waals surface area (Å²) >= 11 is 0. The van der Waals surface area contributed by atoms with Gasteiger partial charge in [0.15, 0.2) is 0 Å². The first kappa shape index (κ1) is 16.0. The summed E-state index contributed by atoms with van der Waals surface area (Å²) in [5, 5.41) is 3.33. The predicted molar refractivity (Wildman–Crippen MR) is 95.3 cm³/mol. The molecule has 23 heavy (non-hydrogen) atoms. The minimum Gasteiger partial charge on any atom is -0.309 e. The van der Waals surface area contributed by atoms with Gasteiger partial charge in [-0.2, -0.15) is 0 Å². The van der Waals surface area contributed by atoms with Crippen molar-refractivity contribution in [2.75, 3.05) is 11.4 Å². The Hall–Kier alpha value is -1.84. The van der Waals surface area contributed by atoms with E-state index in [0.29, 0.717) is 0 Å². The highest BCUT2D eigenvalue weighted by Gasteiger charge is 2.23. The molecule has 2 aliphatic heterocycles. The Kier molecular flexibility index (Phi) is 4.69. The molecule has 2 aromatic carbocycles. The molecule has 0 radical (unpaired) electrons. The van der Waals surface area contributed by atoms with Crippen LogP contribution in [0, 0.1) is 0 Å². The first-order valence-electron chi connectivity index (χ1n) is 8.05. The molecule has 0 atom stereocenters. The van der Waals surface area contributed by atoms with Crippen LogP contribution in [0.2, 0.25) is 0 Å². The number of halogens is 1. The van der Waals surface area contributed by atoms with Gasteiger partial charge >= 0.3 is 0 Å². The maximum absolute atomic E-state index is 13.0. The Morgan fingerprint density at radius 3 is 2.70 bits per heavy atom. The number of benzene rings is 2. The zero-order valence-electron chi connectivity index (χ0n) is 13.0. The fourth-order valence-corrected chi connectivity index (χ4v) is 3.49. The van der Waals surface area contributed by atoms with Crippen molar-refractivity contribution in [3.63, 3.8) is 0 Å². The molecule has 0 bridgehead atoms. The highest BCUT2D eigenvalue weighted by Crippen LogP contribution is 2.28. The maximum Gasteiger partial charge on any atom is 0.258 e. The van der Waals surface area contributed by atoms with E-state index in [2.05, 4.69) is 35.6 Å². The maximum atomic E-state index is 13.0. The Morgan fingerprint density at radius 2 is 1.78 bits per heavy atom. The van der Waals surface area contributed by atoms with Crippen molar-refractivity contribution in [2.24, 2.45) is 0 Å². The summed E-state index contributed by atoms with van der Waals surface area (Å²) in [6, 6.07) is 14.4. The van der Waals surface area contributed by atoms with Gasteiger partial charge in [-0.15, -0.1) is 12.4 Å². The number of hydrogen-bond donors (Lipinski definition) is 1. The highest BCUT2D eigenvalue weighted by atomic mass is 35.5. The van der Waals surface area contributed by atoms with Gasteiger partial charge < -0.3 is 10.2 Å². The Morgan fingerprint density at radius 1 is 0.957 bits per heavy atom. The minimum atomic E-state index is 0. The molecule has 1 N–H and O–H groups in total. The molecule has 2 aliphatic rings. The summed E-state index contributed by atoms with van der Waals surface area (Å²) < 4.78 is 0. The molecule has 0 unspecified atom stereocenters. The molecule has 4 rings (SSSR count). The van der Waals surface area contributed by atoms with E-state index in [1.54, 1.807) is 0 Å².